The Kier molecular flexibility index (Phi) is 42.8. The van der Waals surface area contributed by atoms with Gasteiger partial charge in [-0.15, -0.1) is 0 Å². The van der Waals surface area contributed by atoms with E-state index in [9.17, 15) is 14.4 Å². The van der Waals surface area contributed by atoms with Gasteiger partial charge in [0.05, 0.1) is 0 Å². The molecule has 0 saturated heterocycles. The predicted octanol–water partition coefficient (Wildman–Crippen LogP) is 15.3. The van der Waals surface area contributed by atoms with Crippen LogP contribution >= 0.6 is 0 Å². The standard InChI is InChI=1S/C48H92O6/c1-4-7-10-13-16-19-21-23-24-25-26-28-29-32-35-38-41-47(50)53-44-45(43-52-46(49)40-37-34-31-18-15-12-9-6-3)54-48(51)42-39-36-33-30-27-22-20-17-14-11-8-5-2/h45H,4-44H2,1-3H3. The normalized spacial score (nSPS) is 11.8. The fraction of sp³-hybridized carbons (Fsp3) is 0.938. The highest BCUT2D eigenvalue weighted by atomic mass is 16.6. The Bertz CT molecular complexity index is 798. The lowest BCUT2D eigenvalue weighted by atomic mass is 10.0. The molecule has 1 unspecified atom stereocenters. The third-order valence-corrected chi connectivity index (χ3v) is 10.9. The van der Waals surface area contributed by atoms with Crippen LogP contribution in [0.15, 0.2) is 0 Å². The summed E-state index contributed by atoms with van der Waals surface area (Å²) < 4.78 is 16.7. The van der Waals surface area contributed by atoms with E-state index in [0.29, 0.717) is 19.3 Å². The zero-order valence-corrected chi connectivity index (χ0v) is 36.5. The van der Waals surface area contributed by atoms with Gasteiger partial charge in [0.2, 0.25) is 0 Å². The van der Waals surface area contributed by atoms with Crippen molar-refractivity contribution in [3.63, 3.8) is 0 Å². The summed E-state index contributed by atoms with van der Waals surface area (Å²) in [6, 6.07) is 0. The number of esters is 3. The third-order valence-electron chi connectivity index (χ3n) is 10.9. The molecule has 0 aliphatic heterocycles. The van der Waals surface area contributed by atoms with Crippen LogP contribution in [0.3, 0.4) is 0 Å². The number of rotatable bonds is 44. The fourth-order valence-electron chi connectivity index (χ4n) is 7.21. The van der Waals surface area contributed by atoms with Crippen LogP contribution in [-0.4, -0.2) is 37.2 Å². The summed E-state index contributed by atoms with van der Waals surface area (Å²) in [5.74, 6) is -0.852. The number of hydrogen-bond acceptors (Lipinski definition) is 6. The molecule has 0 aromatic rings. The van der Waals surface area contributed by atoms with E-state index in [1.807, 2.05) is 0 Å². The molecule has 0 aliphatic carbocycles. The molecular formula is C48H92O6. The van der Waals surface area contributed by atoms with Gasteiger partial charge in [-0.2, -0.15) is 0 Å². The van der Waals surface area contributed by atoms with Crippen molar-refractivity contribution < 1.29 is 28.6 Å². The molecular weight excluding hydrogens is 673 g/mol. The van der Waals surface area contributed by atoms with Crippen LogP contribution in [0, 0.1) is 0 Å². The molecule has 0 aromatic heterocycles. The summed E-state index contributed by atoms with van der Waals surface area (Å²) >= 11 is 0. The molecule has 1 atom stereocenters. The molecule has 0 fully saturated rings. The lowest BCUT2D eigenvalue weighted by molar-refractivity contribution is -0.167. The minimum absolute atomic E-state index is 0.0626. The molecule has 0 heterocycles. The molecule has 0 saturated carbocycles. The van der Waals surface area contributed by atoms with Crippen LogP contribution in [0.4, 0.5) is 0 Å². The van der Waals surface area contributed by atoms with Gasteiger partial charge < -0.3 is 14.2 Å². The topological polar surface area (TPSA) is 78.9 Å². The van der Waals surface area contributed by atoms with E-state index >= 15 is 0 Å². The van der Waals surface area contributed by atoms with Crippen LogP contribution < -0.4 is 0 Å². The predicted molar refractivity (Wildman–Crippen MR) is 229 cm³/mol. The van der Waals surface area contributed by atoms with Crippen LogP contribution in [0.1, 0.15) is 271 Å². The highest BCUT2D eigenvalue weighted by Crippen LogP contribution is 2.16. The number of hydrogen-bond donors (Lipinski definition) is 0. The summed E-state index contributed by atoms with van der Waals surface area (Å²) in [6.07, 6.45) is 45.2. The van der Waals surface area contributed by atoms with Gasteiger partial charge in [-0.3, -0.25) is 14.4 Å². The summed E-state index contributed by atoms with van der Waals surface area (Å²) in [6.45, 7) is 6.63. The third kappa shape index (κ3) is 41.6. The molecule has 0 bridgehead atoms. The van der Waals surface area contributed by atoms with Gasteiger partial charge in [-0.1, -0.05) is 233 Å². The molecule has 0 aliphatic rings. The zero-order chi connectivity index (χ0) is 39.4. The van der Waals surface area contributed by atoms with E-state index < -0.39 is 6.10 Å². The van der Waals surface area contributed by atoms with Crippen molar-refractivity contribution in [2.45, 2.75) is 277 Å². The molecule has 320 valence electrons. The van der Waals surface area contributed by atoms with Crippen LogP contribution in [0.2, 0.25) is 0 Å². The Hall–Kier alpha value is -1.59. The van der Waals surface area contributed by atoms with E-state index in [-0.39, 0.29) is 31.1 Å². The summed E-state index contributed by atoms with van der Waals surface area (Å²) in [7, 11) is 0. The number of unbranched alkanes of at least 4 members (excludes halogenated alkanes) is 33. The minimum Gasteiger partial charge on any atom is -0.462 e. The molecule has 0 radical (unpaired) electrons. The van der Waals surface area contributed by atoms with Crippen LogP contribution in [0.5, 0.6) is 0 Å². The van der Waals surface area contributed by atoms with Crippen molar-refractivity contribution >= 4 is 17.9 Å². The summed E-state index contributed by atoms with van der Waals surface area (Å²) in [5, 5.41) is 0. The average Bonchev–Trinajstić information content (AvgIpc) is 3.17. The van der Waals surface area contributed by atoms with Crippen molar-refractivity contribution in [1.82, 2.24) is 0 Å². The van der Waals surface area contributed by atoms with Crippen molar-refractivity contribution in [1.29, 1.82) is 0 Å². The lowest BCUT2D eigenvalue weighted by Gasteiger charge is -2.18. The first-order chi connectivity index (χ1) is 26.5. The Labute approximate surface area is 336 Å². The number of carbonyl (C=O) groups excluding carboxylic acids is 3. The average molecular weight is 765 g/mol. The van der Waals surface area contributed by atoms with Crippen molar-refractivity contribution in [2.75, 3.05) is 13.2 Å². The van der Waals surface area contributed by atoms with Gasteiger partial charge in [-0.25, -0.2) is 0 Å². The van der Waals surface area contributed by atoms with E-state index in [1.165, 1.54) is 173 Å². The second-order valence-corrected chi connectivity index (χ2v) is 16.4. The minimum atomic E-state index is -0.757. The molecule has 0 spiro atoms. The maximum absolute atomic E-state index is 12.7. The zero-order valence-electron chi connectivity index (χ0n) is 36.5. The first-order valence-corrected chi connectivity index (χ1v) is 24.0. The molecule has 0 N–H and O–H groups in total. The monoisotopic (exact) mass is 765 g/mol. The largest absolute Gasteiger partial charge is 0.462 e. The van der Waals surface area contributed by atoms with Gasteiger partial charge in [0, 0.05) is 19.3 Å². The Morgan fingerprint density at radius 1 is 0.296 bits per heavy atom. The van der Waals surface area contributed by atoms with Gasteiger partial charge in [0.25, 0.3) is 0 Å². The molecule has 0 amide bonds. The SMILES string of the molecule is CCCCCCCCCCCCCCCCCCC(=O)OCC(COC(=O)CCCCCCCCCC)OC(=O)CCCCCCCCCCCCCC. The fourth-order valence-corrected chi connectivity index (χ4v) is 7.21. The van der Waals surface area contributed by atoms with Crippen molar-refractivity contribution in [3.8, 4) is 0 Å². The molecule has 0 rings (SSSR count). The molecule has 54 heavy (non-hydrogen) atoms. The Balaban J connectivity index is 4.24. The second-order valence-electron chi connectivity index (χ2n) is 16.4. The van der Waals surface area contributed by atoms with Crippen LogP contribution in [-0.2, 0) is 28.6 Å². The maximum atomic E-state index is 12.7. The highest BCUT2D eigenvalue weighted by Gasteiger charge is 2.19. The Morgan fingerprint density at radius 3 is 0.741 bits per heavy atom. The summed E-state index contributed by atoms with van der Waals surface area (Å²) in [5.41, 5.74) is 0. The van der Waals surface area contributed by atoms with Gasteiger partial charge in [0.15, 0.2) is 6.10 Å². The quantitative estimate of drug-likeness (QED) is 0.0349. The first-order valence-electron chi connectivity index (χ1n) is 24.0. The molecule has 6 heteroatoms. The van der Waals surface area contributed by atoms with Crippen molar-refractivity contribution in [3.05, 3.63) is 0 Å². The number of carbonyl (C=O) groups is 3. The van der Waals surface area contributed by atoms with E-state index in [0.717, 1.165) is 57.8 Å². The van der Waals surface area contributed by atoms with Gasteiger partial charge >= 0.3 is 17.9 Å². The summed E-state index contributed by atoms with van der Waals surface area (Å²) in [4.78, 5) is 37.7. The van der Waals surface area contributed by atoms with E-state index in [4.69, 9.17) is 14.2 Å². The smallest absolute Gasteiger partial charge is 0.306 e. The first kappa shape index (κ1) is 52.4. The van der Waals surface area contributed by atoms with Gasteiger partial charge in [0.1, 0.15) is 13.2 Å². The molecule has 6 nitrogen and oxygen atoms in total. The second kappa shape index (κ2) is 44.1. The van der Waals surface area contributed by atoms with Crippen LogP contribution in [0.25, 0.3) is 0 Å². The van der Waals surface area contributed by atoms with E-state index in [1.54, 1.807) is 0 Å². The maximum Gasteiger partial charge on any atom is 0.306 e. The Morgan fingerprint density at radius 2 is 0.500 bits per heavy atom. The van der Waals surface area contributed by atoms with Crippen molar-refractivity contribution in [2.24, 2.45) is 0 Å². The van der Waals surface area contributed by atoms with Gasteiger partial charge in [-0.05, 0) is 19.3 Å². The van der Waals surface area contributed by atoms with E-state index in [2.05, 4.69) is 20.8 Å². The molecule has 0 aromatic carbocycles. The highest BCUT2D eigenvalue weighted by molar-refractivity contribution is 5.71. The number of ether oxygens (including phenoxy) is 3. The lowest BCUT2D eigenvalue weighted by Crippen LogP contribution is -2.30.